The van der Waals surface area contributed by atoms with Gasteiger partial charge in [-0.25, -0.2) is 9.37 Å². The number of aromatic amines is 1. The molecule has 4 heterocycles. The maximum Gasteiger partial charge on any atom is 0.239 e. The molecule has 0 bridgehead atoms. The third-order valence-corrected chi connectivity index (χ3v) is 6.94. The Balaban J connectivity index is 1.27. The molecule has 4 N–H and O–H groups in total. The molecule has 11 heteroatoms. The van der Waals surface area contributed by atoms with Crippen LogP contribution in [-0.4, -0.2) is 56.6 Å². The van der Waals surface area contributed by atoms with Crippen LogP contribution >= 0.6 is 11.6 Å². The molecule has 2 saturated heterocycles. The Hall–Kier alpha value is -3.24. The van der Waals surface area contributed by atoms with Crippen LogP contribution in [0.5, 0.6) is 0 Å². The van der Waals surface area contributed by atoms with Crippen molar-refractivity contribution < 1.29 is 9.18 Å². The summed E-state index contributed by atoms with van der Waals surface area (Å²) in [6.07, 6.45) is 4.02. The highest BCUT2D eigenvalue weighted by Gasteiger charge is 2.32. The molecular weight excluding hydrogens is 471 g/mol. The third kappa shape index (κ3) is 5.08. The number of nitrogens with one attached hydrogen (secondary N) is 4. The van der Waals surface area contributed by atoms with Crippen molar-refractivity contribution in [2.45, 2.75) is 45.1 Å². The summed E-state index contributed by atoms with van der Waals surface area (Å²) < 4.78 is 15.1. The molecule has 2 aromatic heterocycles. The molecule has 0 saturated carbocycles. The molecule has 1 atom stereocenters. The van der Waals surface area contributed by atoms with Gasteiger partial charge in [-0.15, -0.1) is 0 Å². The second-order valence-corrected chi connectivity index (χ2v) is 9.57. The fourth-order valence-corrected chi connectivity index (χ4v) is 4.74. The SMILES string of the molecule is Cc1cc(Nc2nc(Nc3cc(C)c(C4CCN(C(=O)C5CCN5)CC4)cc3F)ncc2Cl)n[nH]1. The van der Waals surface area contributed by atoms with Gasteiger partial charge < -0.3 is 20.9 Å². The van der Waals surface area contributed by atoms with E-state index in [1.54, 1.807) is 12.1 Å². The number of likely N-dealkylation sites (tertiary alicyclic amines) is 1. The number of hydrogen-bond donors (Lipinski definition) is 4. The van der Waals surface area contributed by atoms with Crippen LogP contribution in [-0.2, 0) is 4.79 Å². The second kappa shape index (κ2) is 9.79. The minimum atomic E-state index is -0.376. The molecule has 2 aliphatic rings. The predicted octanol–water partition coefficient (Wildman–Crippen LogP) is 4.16. The van der Waals surface area contributed by atoms with Gasteiger partial charge >= 0.3 is 0 Å². The Labute approximate surface area is 207 Å². The number of aromatic nitrogens is 4. The topological polar surface area (TPSA) is 111 Å². The molecule has 1 amide bonds. The number of rotatable bonds is 6. The van der Waals surface area contributed by atoms with E-state index in [0.717, 1.165) is 42.6 Å². The molecule has 0 spiro atoms. The Morgan fingerprint density at radius 2 is 1.94 bits per heavy atom. The van der Waals surface area contributed by atoms with Gasteiger partial charge in [0.05, 0.1) is 17.9 Å². The summed E-state index contributed by atoms with van der Waals surface area (Å²) in [5.41, 5.74) is 3.15. The lowest BCUT2D eigenvalue weighted by Crippen LogP contribution is -2.55. The van der Waals surface area contributed by atoms with E-state index < -0.39 is 0 Å². The summed E-state index contributed by atoms with van der Waals surface area (Å²) in [7, 11) is 0. The van der Waals surface area contributed by atoms with Crippen molar-refractivity contribution in [2.75, 3.05) is 30.3 Å². The van der Waals surface area contributed by atoms with Crippen LogP contribution in [0.4, 0.5) is 27.7 Å². The number of nitrogens with zero attached hydrogens (tertiary/aromatic N) is 4. The number of aryl methyl sites for hydroxylation is 2. The van der Waals surface area contributed by atoms with E-state index >= 15 is 4.39 Å². The number of amides is 1. The van der Waals surface area contributed by atoms with Crippen molar-refractivity contribution >= 4 is 40.8 Å². The first-order chi connectivity index (χ1) is 16.9. The first kappa shape index (κ1) is 23.5. The summed E-state index contributed by atoms with van der Waals surface area (Å²) in [5, 5.41) is 16.4. The number of carbonyl (C=O) groups is 1. The number of carbonyl (C=O) groups excluding carboxylic acids is 1. The molecule has 2 fully saturated rings. The number of H-pyrrole nitrogens is 1. The zero-order valence-corrected chi connectivity index (χ0v) is 20.4. The Bertz CT molecular complexity index is 1240. The van der Waals surface area contributed by atoms with Gasteiger partial charge in [0.15, 0.2) is 11.6 Å². The summed E-state index contributed by atoms with van der Waals surface area (Å²) in [6, 6.07) is 5.17. The van der Waals surface area contributed by atoms with Crippen LogP contribution < -0.4 is 16.0 Å². The van der Waals surface area contributed by atoms with Crippen molar-refractivity contribution in [3.63, 3.8) is 0 Å². The zero-order valence-electron chi connectivity index (χ0n) is 19.7. The number of benzene rings is 1. The molecule has 35 heavy (non-hydrogen) atoms. The third-order valence-electron chi connectivity index (χ3n) is 6.67. The van der Waals surface area contributed by atoms with Crippen LogP contribution in [0.1, 0.15) is 42.0 Å². The van der Waals surface area contributed by atoms with Gasteiger partial charge in [0.1, 0.15) is 10.8 Å². The summed E-state index contributed by atoms with van der Waals surface area (Å²) >= 11 is 6.22. The van der Waals surface area contributed by atoms with E-state index in [1.165, 1.54) is 6.20 Å². The van der Waals surface area contributed by atoms with Gasteiger partial charge in [0.2, 0.25) is 11.9 Å². The molecule has 0 radical (unpaired) electrons. The quantitative estimate of drug-likeness (QED) is 0.403. The summed E-state index contributed by atoms with van der Waals surface area (Å²) in [4.78, 5) is 23.0. The van der Waals surface area contributed by atoms with Crippen molar-refractivity contribution in [1.82, 2.24) is 30.4 Å². The fraction of sp³-hybridized carbons (Fsp3) is 0.417. The first-order valence-electron chi connectivity index (χ1n) is 11.8. The Morgan fingerprint density at radius 1 is 1.17 bits per heavy atom. The zero-order chi connectivity index (χ0) is 24.5. The van der Waals surface area contributed by atoms with Gasteiger partial charge in [-0.3, -0.25) is 9.89 Å². The second-order valence-electron chi connectivity index (χ2n) is 9.16. The van der Waals surface area contributed by atoms with E-state index in [9.17, 15) is 4.79 Å². The average molecular weight is 499 g/mol. The Kier molecular flexibility index (Phi) is 6.57. The van der Waals surface area contributed by atoms with E-state index in [-0.39, 0.29) is 29.6 Å². The predicted molar refractivity (Wildman–Crippen MR) is 133 cm³/mol. The largest absolute Gasteiger partial charge is 0.341 e. The normalized spacial score (nSPS) is 18.3. The number of hydrogen-bond acceptors (Lipinski definition) is 7. The van der Waals surface area contributed by atoms with Crippen LogP contribution in [0.2, 0.25) is 5.02 Å². The smallest absolute Gasteiger partial charge is 0.239 e. The minimum Gasteiger partial charge on any atom is -0.341 e. The van der Waals surface area contributed by atoms with E-state index in [1.807, 2.05) is 24.8 Å². The van der Waals surface area contributed by atoms with E-state index in [0.29, 0.717) is 35.4 Å². The molecular formula is C24H28ClFN8O. The van der Waals surface area contributed by atoms with E-state index in [2.05, 4.69) is 36.1 Å². The van der Waals surface area contributed by atoms with Crippen molar-refractivity contribution in [3.05, 3.63) is 52.1 Å². The van der Waals surface area contributed by atoms with Crippen LogP contribution in [0.15, 0.2) is 24.4 Å². The molecule has 184 valence electrons. The van der Waals surface area contributed by atoms with Crippen molar-refractivity contribution in [3.8, 4) is 0 Å². The minimum absolute atomic E-state index is 0.0229. The van der Waals surface area contributed by atoms with E-state index in [4.69, 9.17) is 11.6 Å². The monoisotopic (exact) mass is 498 g/mol. The fourth-order valence-electron chi connectivity index (χ4n) is 4.60. The maximum atomic E-state index is 15.1. The van der Waals surface area contributed by atoms with Crippen LogP contribution in [0, 0.1) is 19.7 Å². The molecule has 0 aliphatic carbocycles. The average Bonchev–Trinajstić information content (AvgIpc) is 3.21. The lowest BCUT2D eigenvalue weighted by atomic mass is 9.86. The number of halogens is 2. The first-order valence-corrected chi connectivity index (χ1v) is 12.2. The molecule has 3 aromatic rings. The highest BCUT2D eigenvalue weighted by molar-refractivity contribution is 6.32. The Morgan fingerprint density at radius 3 is 2.60 bits per heavy atom. The van der Waals surface area contributed by atoms with Gasteiger partial charge in [0.25, 0.3) is 0 Å². The van der Waals surface area contributed by atoms with Gasteiger partial charge in [-0.2, -0.15) is 10.1 Å². The number of piperidine rings is 1. The molecule has 1 aromatic carbocycles. The van der Waals surface area contributed by atoms with Gasteiger partial charge in [0, 0.05) is 24.8 Å². The molecule has 9 nitrogen and oxygen atoms in total. The van der Waals surface area contributed by atoms with Crippen LogP contribution in [0.3, 0.4) is 0 Å². The highest BCUT2D eigenvalue weighted by Crippen LogP contribution is 2.34. The lowest BCUT2D eigenvalue weighted by Gasteiger charge is -2.37. The van der Waals surface area contributed by atoms with Crippen LogP contribution in [0.25, 0.3) is 0 Å². The maximum absolute atomic E-state index is 15.1. The summed E-state index contributed by atoms with van der Waals surface area (Å²) in [6.45, 7) is 6.18. The van der Waals surface area contributed by atoms with Gasteiger partial charge in [-0.05, 0) is 68.8 Å². The summed E-state index contributed by atoms with van der Waals surface area (Å²) in [5.74, 6) is 1.18. The van der Waals surface area contributed by atoms with Gasteiger partial charge in [-0.1, -0.05) is 11.6 Å². The molecule has 1 unspecified atom stereocenters. The molecule has 5 rings (SSSR count). The lowest BCUT2D eigenvalue weighted by molar-refractivity contribution is -0.136. The highest BCUT2D eigenvalue weighted by atomic mass is 35.5. The number of anilines is 4. The standard InChI is InChI=1S/C24H28ClFN8O/c1-13-9-20(29-24-28-12-17(25)22(31-24)30-21-10-14(2)32-33-21)18(26)11-16(13)15-4-7-34(8-5-15)23(35)19-3-6-27-19/h9-12,15,19,27H,3-8H2,1-2H3,(H3,28,29,30,31,32,33). The van der Waals surface area contributed by atoms with Crippen molar-refractivity contribution in [2.24, 2.45) is 0 Å². The molecule has 2 aliphatic heterocycles. The van der Waals surface area contributed by atoms with Crippen molar-refractivity contribution in [1.29, 1.82) is 0 Å².